The Morgan fingerprint density at radius 3 is 2.37 bits per heavy atom. The van der Waals surface area contributed by atoms with Crippen LogP contribution in [-0.2, 0) is 13.6 Å². The Morgan fingerprint density at radius 1 is 1.16 bits per heavy atom. The van der Waals surface area contributed by atoms with Crippen molar-refractivity contribution in [3.63, 3.8) is 0 Å². The van der Waals surface area contributed by atoms with E-state index in [0.717, 1.165) is 31.1 Å². The normalized spacial score (nSPS) is 10.5. The fraction of sp³-hybridized carbons (Fsp3) is 0.400. The predicted octanol–water partition coefficient (Wildman–Crippen LogP) is 2.88. The molecule has 1 aromatic carbocycles. The number of rotatable bonds is 6. The molecule has 2 rings (SSSR count). The van der Waals surface area contributed by atoms with Gasteiger partial charge in [0, 0.05) is 43.9 Å². The summed E-state index contributed by atoms with van der Waals surface area (Å²) in [6, 6.07) is 8.56. The number of imidazole rings is 1. The van der Waals surface area contributed by atoms with Crippen LogP contribution in [-0.4, -0.2) is 22.6 Å². The van der Waals surface area contributed by atoms with E-state index in [9.17, 15) is 0 Å². The number of hydrogen-bond donors (Lipinski definition) is 1. The molecule has 19 heavy (non-hydrogen) atoms. The summed E-state index contributed by atoms with van der Waals surface area (Å²) in [7, 11) is 2.01. The van der Waals surface area contributed by atoms with Crippen LogP contribution in [0.2, 0.25) is 0 Å². The second-order valence-corrected chi connectivity index (χ2v) is 4.53. The van der Waals surface area contributed by atoms with E-state index >= 15 is 0 Å². The van der Waals surface area contributed by atoms with Gasteiger partial charge in [0.25, 0.3) is 0 Å². The Balaban J connectivity index is 1.97. The molecule has 0 aliphatic rings. The molecule has 1 N–H and O–H groups in total. The number of aryl methyl sites for hydroxylation is 1. The van der Waals surface area contributed by atoms with Gasteiger partial charge in [-0.05, 0) is 38.1 Å². The van der Waals surface area contributed by atoms with Gasteiger partial charge in [0.05, 0.1) is 6.54 Å². The predicted molar refractivity (Wildman–Crippen MR) is 80.5 cm³/mol. The van der Waals surface area contributed by atoms with Crippen molar-refractivity contribution in [3.8, 4) is 0 Å². The molecule has 0 fully saturated rings. The van der Waals surface area contributed by atoms with Crippen molar-refractivity contribution in [2.45, 2.75) is 20.4 Å². The first kappa shape index (κ1) is 13.5. The van der Waals surface area contributed by atoms with Crippen molar-refractivity contribution in [1.29, 1.82) is 0 Å². The monoisotopic (exact) mass is 258 g/mol. The molecule has 102 valence electrons. The second kappa shape index (κ2) is 6.27. The van der Waals surface area contributed by atoms with Gasteiger partial charge in [-0.3, -0.25) is 0 Å². The van der Waals surface area contributed by atoms with Crippen molar-refractivity contribution in [2.24, 2.45) is 7.05 Å². The molecule has 4 nitrogen and oxygen atoms in total. The minimum Gasteiger partial charge on any atom is -0.378 e. The van der Waals surface area contributed by atoms with E-state index in [1.165, 1.54) is 5.69 Å². The molecule has 0 saturated carbocycles. The summed E-state index contributed by atoms with van der Waals surface area (Å²) in [6.45, 7) is 7.18. The highest BCUT2D eigenvalue weighted by Crippen LogP contribution is 2.18. The number of hydrogen-bond acceptors (Lipinski definition) is 3. The molecule has 4 heteroatoms. The maximum atomic E-state index is 4.30. The van der Waals surface area contributed by atoms with Crippen LogP contribution < -0.4 is 10.2 Å². The molecule has 0 unspecified atom stereocenters. The van der Waals surface area contributed by atoms with Crippen LogP contribution in [0.25, 0.3) is 0 Å². The summed E-state index contributed by atoms with van der Waals surface area (Å²) in [5.41, 5.74) is 2.39. The largest absolute Gasteiger partial charge is 0.378 e. The van der Waals surface area contributed by atoms with Crippen molar-refractivity contribution in [2.75, 3.05) is 23.3 Å². The highest BCUT2D eigenvalue weighted by atomic mass is 15.1. The Kier molecular flexibility index (Phi) is 4.44. The lowest BCUT2D eigenvalue weighted by Gasteiger charge is -2.21. The number of nitrogens with one attached hydrogen (secondary N) is 1. The molecular formula is C15H22N4. The fourth-order valence-corrected chi connectivity index (χ4v) is 2.13. The topological polar surface area (TPSA) is 33.1 Å². The minimum absolute atomic E-state index is 0.744. The second-order valence-electron chi connectivity index (χ2n) is 4.53. The van der Waals surface area contributed by atoms with Crippen LogP contribution in [0.3, 0.4) is 0 Å². The van der Waals surface area contributed by atoms with E-state index < -0.39 is 0 Å². The zero-order chi connectivity index (χ0) is 13.7. The minimum atomic E-state index is 0.744. The molecule has 1 heterocycles. The Labute approximate surface area is 115 Å². The molecule has 0 spiro atoms. The van der Waals surface area contributed by atoms with Gasteiger partial charge in [0.2, 0.25) is 0 Å². The van der Waals surface area contributed by atoms with Gasteiger partial charge in [0.15, 0.2) is 0 Å². The summed E-state index contributed by atoms with van der Waals surface area (Å²) in [6.07, 6.45) is 3.78. The molecule has 1 aromatic heterocycles. The van der Waals surface area contributed by atoms with Crippen LogP contribution in [0.1, 0.15) is 19.7 Å². The number of benzene rings is 1. The third kappa shape index (κ3) is 3.28. The SMILES string of the molecule is CCN(CC)c1ccc(NCc2nccn2C)cc1. The fourth-order valence-electron chi connectivity index (χ4n) is 2.13. The zero-order valence-corrected chi connectivity index (χ0v) is 11.9. The standard InChI is InChI=1S/C15H22N4/c1-4-19(5-2)14-8-6-13(7-9-14)17-12-15-16-10-11-18(15)3/h6-11,17H,4-5,12H2,1-3H3. The summed E-state index contributed by atoms with van der Waals surface area (Å²) >= 11 is 0. The number of anilines is 2. The van der Waals surface area contributed by atoms with Crippen LogP contribution in [0, 0.1) is 0 Å². The third-order valence-electron chi connectivity index (χ3n) is 3.37. The van der Waals surface area contributed by atoms with E-state index in [0.29, 0.717) is 0 Å². The maximum absolute atomic E-state index is 4.30. The first-order chi connectivity index (χ1) is 9.24. The van der Waals surface area contributed by atoms with E-state index in [4.69, 9.17) is 0 Å². The van der Waals surface area contributed by atoms with Gasteiger partial charge in [-0.25, -0.2) is 4.98 Å². The van der Waals surface area contributed by atoms with Gasteiger partial charge < -0.3 is 14.8 Å². The number of aromatic nitrogens is 2. The first-order valence-electron chi connectivity index (χ1n) is 6.79. The lowest BCUT2D eigenvalue weighted by atomic mass is 10.2. The molecule has 2 aromatic rings. The van der Waals surface area contributed by atoms with Gasteiger partial charge in [-0.15, -0.1) is 0 Å². The van der Waals surface area contributed by atoms with Crippen LogP contribution in [0.4, 0.5) is 11.4 Å². The van der Waals surface area contributed by atoms with Crippen molar-refractivity contribution < 1.29 is 0 Å². The van der Waals surface area contributed by atoms with Crippen molar-refractivity contribution >= 4 is 11.4 Å². The van der Waals surface area contributed by atoms with Crippen molar-refractivity contribution in [3.05, 3.63) is 42.5 Å². The molecule has 0 amide bonds. The third-order valence-corrected chi connectivity index (χ3v) is 3.37. The molecule has 0 aliphatic carbocycles. The summed E-state index contributed by atoms with van der Waals surface area (Å²) in [4.78, 5) is 6.63. The van der Waals surface area contributed by atoms with Gasteiger partial charge >= 0.3 is 0 Å². The molecular weight excluding hydrogens is 236 g/mol. The maximum Gasteiger partial charge on any atom is 0.127 e. The molecule has 0 saturated heterocycles. The van der Waals surface area contributed by atoms with Crippen LogP contribution >= 0.6 is 0 Å². The average Bonchev–Trinajstić information content (AvgIpc) is 2.85. The van der Waals surface area contributed by atoms with Crippen LogP contribution in [0.5, 0.6) is 0 Å². The molecule has 0 aliphatic heterocycles. The Morgan fingerprint density at radius 2 is 1.84 bits per heavy atom. The van der Waals surface area contributed by atoms with E-state index in [1.807, 2.05) is 24.0 Å². The highest BCUT2D eigenvalue weighted by molar-refractivity contribution is 5.55. The molecule has 0 radical (unpaired) electrons. The van der Waals surface area contributed by atoms with E-state index in [-0.39, 0.29) is 0 Å². The average molecular weight is 258 g/mol. The van der Waals surface area contributed by atoms with Crippen LogP contribution in [0.15, 0.2) is 36.7 Å². The quantitative estimate of drug-likeness (QED) is 0.865. The van der Waals surface area contributed by atoms with Gasteiger partial charge in [0.1, 0.15) is 5.82 Å². The van der Waals surface area contributed by atoms with E-state index in [2.05, 4.69) is 53.3 Å². The van der Waals surface area contributed by atoms with E-state index in [1.54, 1.807) is 0 Å². The summed E-state index contributed by atoms with van der Waals surface area (Å²) < 4.78 is 2.03. The van der Waals surface area contributed by atoms with Crippen molar-refractivity contribution in [1.82, 2.24) is 9.55 Å². The molecule has 0 bridgehead atoms. The summed E-state index contributed by atoms with van der Waals surface area (Å²) in [5.74, 6) is 1.04. The smallest absolute Gasteiger partial charge is 0.127 e. The lowest BCUT2D eigenvalue weighted by Crippen LogP contribution is -2.21. The lowest BCUT2D eigenvalue weighted by molar-refractivity contribution is 0.813. The zero-order valence-electron chi connectivity index (χ0n) is 11.9. The van der Waals surface area contributed by atoms with Gasteiger partial charge in [-0.1, -0.05) is 0 Å². The van der Waals surface area contributed by atoms with Gasteiger partial charge in [-0.2, -0.15) is 0 Å². The Hall–Kier alpha value is -1.97. The Bertz CT molecular complexity index is 497. The highest BCUT2D eigenvalue weighted by Gasteiger charge is 2.02. The first-order valence-corrected chi connectivity index (χ1v) is 6.79. The summed E-state index contributed by atoms with van der Waals surface area (Å²) in [5, 5.41) is 3.39. The molecule has 0 atom stereocenters. The number of nitrogens with zero attached hydrogens (tertiary/aromatic N) is 3.